The Morgan fingerprint density at radius 3 is 2.95 bits per heavy atom. The summed E-state index contributed by atoms with van der Waals surface area (Å²) in [7, 11) is 0. The van der Waals surface area contributed by atoms with Crippen molar-refractivity contribution in [2.75, 3.05) is 12.3 Å². The fraction of sp³-hybridized carbons (Fsp3) is 0.438. The van der Waals surface area contributed by atoms with E-state index in [0.29, 0.717) is 12.5 Å². The van der Waals surface area contributed by atoms with E-state index in [4.69, 9.17) is 10.8 Å². The second kappa shape index (κ2) is 5.62. The Morgan fingerprint density at radius 2 is 2.15 bits per heavy atom. The van der Waals surface area contributed by atoms with Gasteiger partial charge in [-0.05, 0) is 44.0 Å². The fourth-order valence-corrected chi connectivity index (χ4v) is 4.25. The SMILES string of the molecule is Cc1nn(CC2CSc3ccccc32)c(C)c1CCN. The molecule has 2 N–H and O–H groups in total. The van der Waals surface area contributed by atoms with Gasteiger partial charge in [-0.2, -0.15) is 5.10 Å². The highest BCUT2D eigenvalue weighted by atomic mass is 32.2. The van der Waals surface area contributed by atoms with E-state index in [2.05, 4.69) is 42.8 Å². The molecule has 3 nitrogen and oxygen atoms in total. The van der Waals surface area contributed by atoms with Crippen LogP contribution in [0, 0.1) is 13.8 Å². The van der Waals surface area contributed by atoms with Crippen LogP contribution >= 0.6 is 11.8 Å². The minimum Gasteiger partial charge on any atom is -0.330 e. The molecule has 4 heteroatoms. The maximum absolute atomic E-state index is 5.69. The van der Waals surface area contributed by atoms with Gasteiger partial charge in [-0.25, -0.2) is 0 Å². The second-order valence-corrected chi connectivity index (χ2v) is 6.48. The van der Waals surface area contributed by atoms with Crippen molar-refractivity contribution in [3.8, 4) is 0 Å². The molecule has 1 unspecified atom stereocenters. The smallest absolute Gasteiger partial charge is 0.0628 e. The van der Waals surface area contributed by atoms with Gasteiger partial charge < -0.3 is 5.73 Å². The minimum atomic E-state index is 0.569. The first-order valence-corrected chi connectivity index (χ1v) is 8.14. The Bertz CT molecular complexity index is 618. The average Bonchev–Trinajstić information content (AvgIpc) is 2.97. The van der Waals surface area contributed by atoms with E-state index in [1.807, 2.05) is 11.8 Å². The lowest BCUT2D eigenvalue weighted by molar-refractivity contribution is 0.534. The van der Waals surface area contributed by atoms with Crippen LogP contribution in [0.1, 0.15) is 28.4 Å². The van der Waals surface area contributed by atoms with Crippen molar-refractivity contribution >= 4 is 11.8 Å². The Morgan fingerprint density at radius 1 is 1.35 bits per heavy atom. The third-order valence-electron chi connectivity index (χ3n) is 4.12. The second-order valence-electron chi connectivity index (χ2n) is 5.42. The Labute approximate surface area is 124 Å². The maximum Gasteiger partial charge on any atom is 0.0628 e. The van der Waals surface area contributed by atoms with Crippen LogP contribution in [-0.4, -0.2) is 22.1 Å². The molecular weight excluding hydrogens is 266 g/mol. The molecule has 2 aromatic rings. The molecule has 106 valence electrons. The van der Waals surface area contributed by atoms with Crippen LogP contribution in [0.25, 0.3) is 0 Å². The molecule has 1 aliphatic rings. The van der Waals surface area contributed by atoms with Gasteiger partial charge in [-0.3, -0.25) is 4.68 Å². The molecule has 1 aromatic carbocycles. The number of aromatic nitrogens is 2. The summed E-state index contributed by atoms with van der Waals surface area (Å²) in [5.41, 5.74) is 10.9. The number of hydrogen-bond donors (Lipinski definition) is 1. The lowest BCUT2D eigenvalue weighted by atomic mass is 10.0. The highest BCUT2D eigenvalue weighted by Crippen LogP contribution is 2.40. The quantitative estimate of drug-likeness (QED) is 0.940. The minimum absolute atomic E-state index is 0.569. The van der Waals surface area contributed by atoms with Gasteiger partial charge in [0.15, 0.2) is 0 Å². The predicted molar refractivity (Wildman–Crippen MR) is 84.4 cm³/mol. The Kier molecular flexibility index (Phi) is 3.85. The molecule has 0 aliphatic carbocycles. The third-order valence-corrected chi connectivity index (χ3v) is 5.37. The summed E-state index contributed by atoms with van der Waals surface area (Å²) in [5, 5.41) is 4.72. The number of rotatable bonds is 4. The van der Waals surface area contributed by atoms with Crippen molar-refractivity contribution in [3.05, 3.63) is 46.8 Å². The van der Waals surface area contributed by atoms with Crippen LogP contribution in [0.4, 0.5) is 0 Å². The Balaban J connectivity index is 1.85. The van der Waals surface area contributed by atoms with Crippen molar-refractivity contribution in [1.29, 1.82) is 0 Å². The van der Waals surface area contributed by atoms with E-state index in [9.17, 15) is 0 Å². The zero-order chi connectivity index (χ0) is 14.1. The zero-order valence-corrected chi connectivity index (χ0v) is 12.9. The summed E-state index contributed by atoms with van der Waals surface area (Å²) < 4.78 is 2.17. The topological polar surface area (TPSA) is 43.8 Å². The van der Waals surface area contributed by atoms with E-state index in [1.54, 1.807) is 0 Å². The molecule has 20 heavy (non-hydrogen) atoms. The lowest BCUT2D eigenvalue weighted by Crippen LogP contribution is -2.12. The molecule has 0 radical (unpaired) electrons. The molecule has 0 bridgehead atoms. The summed E-state index contributed by atoms with van der Waals surface area (Å²) in [4.78, 5) is 1.43. The summed E-state index contributed by atoms with van der Waals surface area (Å²) >= 11 is 1.96. The highest BCUT2D eigenvalue weighted by Gasteiger charge is 2.24. The van der Waals surface area contributed by atoms with Gasteiger partial charge in [-0.15, -0.1) is 11.8 Å². The lowest BCUT2D eigenvalue weighted by Gasteiger charge is -2.12. The van der Waals surface area contributed by atoms with E-state index >= 15 is 0 Å². The normalized spacial score (nSPS) is 17.4. The third kappa shape index (κ3) is 2.38. The summed E-state index contributed by atoms with van der Waals surface area (Å²) in [5.74, 6) is 1.73. The van der Waals surface area contributed by atoms with Crippen LogP contribution in [0.2, 0.25) is 0 Å². The van der Waals surface area contributed by atoms with Crippen molar-refractivity contribution < 1.29 is 0 Å². The summed E-state index contributed by atoms with van der Waals surface area (Å²) in [6.07, 6.45) is 0.924. The first-order valence-electron chi connectivity index (χ1n) is 7.15. The van der Waals surface area contributed by atoms with Gasteiger partial charge in [0, 0.05) is 28.8 Å². The highest BCUT2D eigenvalue weighted by molar-refractivity contribution is 7.99. The summed E-state index contributed by atoms with van der Waals surface area (Å²) in [6, 6.07) is 8.74. The molecule has 1 aliphatic heterocycles. The van der Waals surface area contributed by atoms with Crippen molar-refractivity contribution in [1.82, 2.24) is 9.78 Å². The number of thioether (sulfide) groups is 1. The molecule has 0 spiro atoms. The van der Waals surface area contributed by atoms with Gasteiger partial charge in [-0.1, -0.05) is 18.2 Å². The number of hydrogen-bond acceptors (Lipinski definition) is 3. The molecule has 0 amide bonds. The van der Waals surface area contributed by atoms with Gasteiger partial charge in [0.1, 0.15) is 0 Å². The molecule has 0 saturated heterocycles. The van der Waals surface area contributed by atoms with Gasteiger partial charge in [0.25, 0.3) is 0 Å². The standard InChI is InChI=1S/C16H21N3S/c1-11-14(7-8-17)12(2)19(18-11)9-13-10-20-16-6-4-3-5-15(13)16/h3-6,13H,7-10,17H2,1-2H3. The molecule has 2 heterocycles. The molecule has 0 fully saturated rings. The van der Waals surface area contributed by atoms with E-state index in [-0.39, 0.29) is 0 Å². The maximum atomic E-state index is 5.69. The molecular formula is C16H21N3S. The molecule has 3 rings (SSSR count). The number of benzene rings is 1. The number of aryl methyl sites for hydroxylation is 1. The monoisotopic (exact) mass is 287 g/mol. The van der Waals surface area contributed by atoms with Crippen LogP contribution in [0.3, 0.4) is 0 Å². The molecule has 0 saturated carbocycles. The van der Waals surface area contributed by atoms with Crippen LogP contribution in [0.15, 0.2) is 29.2 Å². The van der Waals surface area contributed by atoms with Gasteiger partial charge >= 0.3 is 0 Å². The predicted octanol–water partition coefficient (Wildman–Crippen LogP) is 2.89. The largest absolute Gasteiger partial charge is 0.330 e. The van der Waals surface area contributed by atoms with E-state index in [1.165, 1.54) is 21.7 Å². The average molecular weight is 287 g/mol. The Hall–Kier alpha value is -1.26. The van der Waals surface area contributed by atoms with Crippen LogP contribution in [0.5, 0.6) is 0 Å². The van der Waals surface area contributed by atoms with Crippen LogP contribution in [-0.2, 0) is 13.0 Å². The number of nitrogens with two attached hydrogens (primary N) is 1. The number of fused-ring (bicyclic) bond motifs is 1. The van der Waals surface area contributed by atoms with Crippen molar-refractivity contribution in [2.24, 2.45) is 5.73 Å². The molecule has 1 atom stereocenters. The van der Waals surface area contributed by atoms with Crippen LogP contribution < -0.4 is 5.73 Å². The zero-order valence-electron chi connectivity index (χ0n) is 12.1. The van der Waals surface area contributed by atoms with Crippen molar-refractivity contribution in [2.45, 2.75) is 37.6 Å². The molecule has 1 aromatic heterocycles. The van der Waals surface area contributed by atoms with Gasteiger partial charge in [0.05, 0.1) is 5.69 Å². The fourth-order valence-electron chi connectivity index (χ4n) is 3.01. The van der Waals surface area contributed by atoms with Crippen molar-refractivity contribution in [3.63, 3.8) is 0 Å². The number of nitrogens with zero attached hydrogens (tertiary/aromatic N) is 2. The van der Waals surface area contributed by atoms with E-state index in [0.717, 1.165) is 24.4 Å². The van der Waals surface area contributed by atoms with Gasteiger partial charge in [0.2, 0.25) is 0 Å². The summed E-state index contributed by atoms with van der Waals surface area (Å²) in [6.45, 7) is 5.92. The first kappa shape index (κ1) is 13.7. The first-order chi connectivity index (χ1) is 9.70. The van der Waals surface area contributed by atoms with E-state index < -0.39 is 0 Å².